The van der Waals surface area contributed by atoms with Crippen molar-refractivity contribution in [2.45, 2.75) is 155 Å². The lowest BCUT2D eigenvalue weighted by Gasteiger charge is -2.24. The highest BCUT2D eigenvalue weighted by molar-refractivity contribution is 7.47. The number of esters is 1. The molecule has 0 heterocycles. The van der Waals surface area contributed by atoms with Crippen LogP contribution in [-0.2, 0) is 27.9 Å². The number of unbranched alkanes of at least 4 members (excludes halogenated alkanes) is 13. The molecule has 0 radical (unpaired) electrons. The third-order valence-corrected chi connectivity index (χ3v) is 9.32. The van der Waals surface area contributed by atoms with Crippen molar-refractivity contribution in [1.29, 1.82) is 0 Å². The second-order valence-electron chi connectivity index (χ2n) is 14.7. The van der Waals surface area contributed by atoms with Crippen molar-refractivity contribution in [3.63, 3.8) is 0 Å². The SMILES string of the molecule is CC/C=C\C/C=C\C/C=C\C/C=C\CCCCC(=O)OCC(COP(=O)(O)OCC[N+](C)(C)C)O/C=C\CCCCCCCC/C=C\CCCCCC. The highest BCUT2D eigenvalue weighted by Gasteiger charge is 2.25. The largest absolute Gasteiger partial charge is 0.492 e. The molecule has 0 aromatic carbocycles. The van der Waals surface area contributed by atoms with Gasteiger partial charge in [0.1, 0.15) is 19.8 Å². The van der Waals surface area contributed by atoms with Crippen molar-refractivity contribution in [1.82, 2.24) is 0 Å². The summed E-state index contributed by atoms with van der Waals surface area (Å²) in [6, 6.07) is 0. The lowest BCUT2D eigenvalue weighted by atomic mass is 10.1. The number of phosphoric ester groups is 1. The molecule has 306 valence electrons. The zero-order valence-corrected chi connectivity index (χ0v) is 35.4. The van der Waals surface area contributed by atoms with Crippen LogP contribution in [-0.4, -0.2) is 69.0 Å². The van der Waals surface area contributed by atoms with Gasteiger partial charge in [-0.2, -0.15) is 0 Å². The van der Waals surface area contributed by atoms with E-state index in [-0.39, 0.29) is 25.8 Å². The molecule has 0 aliphatic carbocycles. The summed E-state index contributed by atoms with van der Waals surface area (Å²) in [6.45, 7) is 4.70. The molecule has 0 bridgehead atoms. The van der Waals surface area contributed by atoms with Crippen LogP contribution >= 0.6 is 7.82 Å². The molecule has 9 heteroatoms. The molecule has 0 spiro atoms. The molecule has 2 unspecified atom stereocenters. The van der Waals surface area contributed by atoms with Gasteiger partial charge < -0.3 is 18.9 Å². The molecule has 0 amide bonds. The summed E-state index contributed by atoms with van der Waals surface area (Å²) < 4.78 is 34.7. The Morgan fingerprint density at radius 1 is 0.623 bits per heavy atom. The van der Waals surface area contributed by atoms with Gasteiger partial charge in [0, 0.05) is 6.42 Å². The highest BCUT2D eigenvalue weighted by Crippen LogP contribution is 2.43. The minimum absolute atomic E-state index is 0.0764. The van der Waals surface area contributed by atoms with Gasteiger partial charge in [0.15, 0.2) is 6.10 Å². The van der Waals surface area contributed by atoms with Crippen molar-refractivity contribution >= 4 is 13.8 Å². The van der Waals surface area contributed by atoms with Crippen LogP contribution in [0.15, 0.2) is 73.1 Å². The van der Waals surface area contributed by atoms with Gasteiger partial charge in [-0.15, -0.1) is 0 Å². The number of quaternary nitrogens is 1. The number of likely N-dealkylation sites (N-methyl/N-ethyl adjacent to an activating group) is 1. The Bertz CT molecular complexity index is 1070. The average molecular weight is 765 g/mol. The van der Waals surface area contributed by atoms with E-state index in [2.05, 4.69) is 74.6 Å². The van der Waals surface area contributed by atoms with Gasteiger partial charge in [0.25, 0.3) is 0 Å². The molecular formula is C44H79NO7P+. The molecule has 1 N–H and O–H groups in total. The number of hydrogen-bond acceptors (Lipinski definition) is 6. The summed E-state index contributed by atoms with van der Waals surface area (Å²) in [5.41, 5.74) is 0. The van der Waals surface area contributed by atoms with Crippen LogP contribution in [0.1, 0.15) is 149 Å². The molecule has 0 saturated carbocycles. The molecule has 0 aliphatic rings. The summed E-state index contributed by atoms with van der Waals surface area (Å²) in [6.07, 6.45) is 47.5. The second kappa shape index (κ2) is 36.7. The third kappa shape index (κ3) is 40.8. The molecule has 0 saturated heterocycles. The first kappa shape index (κ1) is 50.8. The van der Waals surface area contributed by atoms with Gasteiger partial charge in [0.05, 0.1) is 34.0 Å². The first-order chi connectivity index (χ1) is 25.6. The molecule has 0 fully saturated rings. The monoisotopic (exact) mass is 765 g/mol. The number of carbonyl (C=O) groups excluding carboxylic acids is 1. The first-order valence-electron chi connectivity index (χ1n) is 20.7. The van der Waals surface area contributed by atoms with Gasteiger partial charge in [0.2, 0.25) is 0 Å². The Morgan fingerprint density at radius 2 is 1.11 bits per heavy atom. The Morgan fingerprint density at radius 3 is 1.68 bits per heavy atom. The van der Waals surface area contributed by atoms with E-state index < -0.39 is 13.9 Å². The summed E-state index contributed by atoms with van der Waals surface area (Å²) in [7, 11) is 1.63. The Kier molecular flexibility index (Phi) is 35.2. The minimum atomic E-state index is -4.28. The summed E-state index contributed by atoms with van der Waals surface area (Å²) in [4.78, 5) is 22.6. The Labute approximate surface area is 325 Å². The quantitative estimate of drug-likeness (QED) is 0.0168. The van der Waals surface area contributed by atoms with Crippen molar-refractivity contribution < 1.29 is 37.3 Å². The number of hydrogen-bond donors (Lipinski definition) is 1. The maximum atomic E-state index is 12.4. The molecule has 2 atom stereocenters. The number of phosphoric acid groups is 1. The van der Waals surface area contributed by atoms with Crippen LogP contribution in [0.4, 0.5) is 0 Å². The van der Waals surface area contributed by atoms with E-state index in [0.29, 0.717) is 17.4 Å². The van der Waals surface area contributed by atoms with Gasteiger partial charge in [-0.25, -0.2) is 4.57 Å². The van der Waals surface area contributed by atoms with Crippen molar-refractivity contribution in [3.05, 3.63) is 73.1 Å². The smallest absolute Gasteiger partial charge is 0.472 e. The maximum absolute atomic E-state index is 12.4. The Hall–Kier alpha value is -2.22. The topological polar surface area (TPSA) is 91.3 Å². The normalized spacial score (nSPS) is 14.5. The Balaban J connectivity index is 4.42. The molecule has 0 aromatic heterocycles. The van der Waals surface area contributed by atoms with Crippen molar-refractivity contribution in [2.24, 2.45) is 0 Å². The third-order valence-electron chi connectivity index (χ3n) is 8.34. The second-order valence-corrected chi connectivity index (χ2v) is 16.1. The fraction of sp³-hybridized carbons (Fsp3) is 0.705. The number of nitrogens with zero attached hydrogens (tertiary/aromatic N) is 1. The number of allylic oxidation sites excluding steroid dienone is 11. The van der Waals surface area contributed by atoms with Gasteiger partial charge in [-0.1, -0.05) is 120 Å². The lowest BCUT2D eigenvalue weighted by molar-refractivity contribution is -0.870. The van der Waals surface area contributed by atoms with Crippen LogP contribution in [0, 0.1) is 0 Å². The van der Waals surface area contributed by atoms with Crippen LogP contribution in [0.2, 0.25) is 0 Å². The molecule has 8 nitrogen and oxygen atoms in total. The number of carbonyl (C=O) groups is 1. The lowest BCUT2D eigenvalue weighted by Crippen LogP contribution is -2.37. The maximum Gasteiger partial charge on any atom is 0.472 e. The zero-order valence-electron chi connectivity index (χ0n) is 34.5. The minimum Gasteiger partial charge on any atom is -0.492 e. The highest BCUT2D eigenvalue weighted by atomic mass is 31.2. The van der Waals surface area contributed by atoms with Crippen molar-refractivity contribution in [3.8, 4) is 0 Å². The van der Waals surface area contributed by atoms with Crippen LogP contribution in [0.25, 0.3) is 0 Å². The van der Waals surface area contributed by atoms with Crippen LogP contribution in [0.5, 0.6) is 0 Å². The molecule has 0 aliphatic heterocycles. The van der Waals surface area contributed by atoms with E-state index in [0.717, 1.165) is 57.8 Å². The predicted octanol–water partition coefficient (Wildman–Crippen LogP) is 12.3. The van der Waals surface area contributed by atoms with Gasteiger partial charge in [-0.05, 0) is 89.5 Å². The van der Waals surface area contributed by atoms with Crippen LogP contribution < -0.4 is 0 Å². The van der Waals surface area contributed by atoms with Gasteiger partial charge >= 0.3 is 13.8 Å². The molecular weight excluding hydrogens is 685 g/mol. The van der Waals surface area contributed by atoms with E-state index in [1.807, 2.05) is 27.2 Å². The standard InChI is InChI=1S/C44H78NO7P/c1-6-8-10-12-14-16-18-20-22-24-26-28-30-32-34-36-39-49-43(42-52-53(47,48)51-40-38-45(3,4)5)41-50-44(46)37-35-33-31-29-27-25-23-21-19-17-15-13-11-9-7-2/h9,11,15-18,21,23,27,29,36,39,43H,6-8,10,12-14,19-20,22,24-26,28,30-35,37-38,40-42H2,1-5H3/p+1/b11-9-,17-15-,18-16-,23-21-,29-27-,39-36-. The van der Waals surface area contributed by atoms with Crippen LogP contribution in [0.3, 0.4) is 0 Å². The fourth-order valence-electron chi connectivity index (χ4n) is 5.05. The van der Waals surface area contributed by atoms with E-state index in [4.69, 9.17) is 18.5 Å². The molecule has 0 rings (SSSR count). The van der Waals surface area contributed by atoms with E-state index >= 15 is 0 Å². The number of ether oxygens (including phenoxy) is 2. The van der Waals surface area contributed by atoms with Gasteiger partial charge in [-0.3, -0.25) is 13.8 Å². The average Bonchev–Trinajstić information content (AvgIpc) is 3.11. The number of rotatable bonds is 37. The van der Waals surface area contributed by atoms with Crippen molar-refractivity contribution in [2.75, 3.05) is 47.5 Å². The predicted molar refractivity (Wildman–Crippen MR) is 224 cm³/mol. The van der Waals surface area contributed by atoms with E-state index in [1.165, 1.54) is 70.6 Å². The molecule has 53 heavy (non-hydrogen) atoms. The fourth-order valence-corrected chi connectivity index (χ4v) is 5.79. The van der Waals surface area contributed by atoms with E-state index in [9.17, 15) is 14.3 Å². The summed E-state index contributed by atoms with van der Waals surface area (Å²) in [5.74, 6) is -0.322. The zero-order chi connectivity index (χ0) is 39.1. The first-order valence-corrected chi connectivity index (χ1v) is 22.2. The summed E-state index contributed by atoms with van der Waals surface area (Å²) >= 11 is 0. The molecule has 0 aromatic rings. The van der Waals surface area contributed by atoms with E-state index in [1.54, 1.807) is 6.26 Å². The summed E-state index contributed by atoms with van der Waals surface area (Å²) in [5, 5.41) is 0.